The highest BCUT2D eigenvalue weighted by atomic mass is 32.1. The SMILES string of the molecule is O=C(CNc1noc2ccc(C(F)(F)F)cc12)NC1CN(C2CCC(c3cncs3)CC2)C1. The lowest BCUT2D eigenvalue weighted by atomic mass is 9.83. The number of nitrogens with one attached hydrogen (secondary N) is 2. The number of carbonyl (C=O) groups excluding carboxylic acids is 1. The third kappa shape index (κ3) is 4.84. The van der Waals surface area contributed by atoms with Gasteiger partial charge in [0.05, 0.1) is 29.0 Å². The lowest BCUT2D eigenvalue weighted by molar-refractivity contribution is -0.137. The number of likely N-dealkylation sites (tertiary alicyclic amines) is 1. The highest BCUT2D eigenvalue weighted by Crippen LogP contribution is 2.37. The Hall–Kier alpha value is -2.66. The number of thiazole rings is 1. The first-order valence-corrected chi connectivity index (χ1v) is 11.9. The summed E-state index contributed by atoms with van der Waals surface area (Å²) in [5.41, 5.74) is 1.33. The Morgan fingerprint density at radius 3 is 2.70 bits per heavy atom. The third-order valence-corrected chi connectivity index (χ3v) is 7.49. The van der Waals surface area contributed by atoms with Crippen molar-refractivity contribution in [1.29, 1.82) is 0 Å². The largest absolute Gasteiger partial charge is 0.416 e. The van der Waals surface area contributed by atoms with E-state index in [1.54, 1.807) is 11.3 Å². The summed E-state index contributed by atoms with van der Waals surface area (Å²) in [7, 11) is 0. The van der Waals surface area contributed by atoms with E-state index in [-0.39, 0.29) is 35.3 Å². The normalized spacial score (nSPS) is 22.3. The number of halogens is 3. The van der Waals surface area contributed by atoms with Gasteiger partial charge in [-0.1, -0.05) is 5.16 Å². The lowest BCUT2D eigenvalue weighted by Crippen LogP contribution is -2.62. The first-order valence-electron chi connectivity index (χ1n) is 11.0. The zero-order valence-electron chi connectivity index (χ0n) is 17.8. The number of hydrogen-bond donors (Lipinski definition) is 2. The summed E-state index contributed by atoms with van der Waals surface area (Å²) in [6.07, 6.45) is 2.18. The first kappa shape index (κ1) is 22.1. The molecule has 0 bridgehead atoms. The molecule has 1 aromatic carbocycles. The maximum Gasteiger partial charge on any atom is 0.416 e. The minimum absolute atomic E-state index is 0.0874. The number of alkyl halides is 3. The number of amides is 1. The summed E-state index contributed by atoms with van der Waals surface area (Å²) in [5.74, 6) is 0.521. The van der Waals surface area contributed by atoms with Crippen LogP contribution < -0.4 is 10.6 Å². The van der Waals surface area contributed by atoms with Gasteiger partial charge in [-0.05, 0) is 49.8 Å². The molecule has 33 heavy (non-hydrogen) atoms. The fourth-order valence-electron chi connectivity index (χ4n) is 4.74. The Kier molecular flexibility index (Phi) is 6.00. The van der Waals surface area contributed by atoms with Crippen molar-refractivity contribution in [2.75, 3.05) is 25.0 Å². The molecule has 5 rings (SSSR count). The third-order valence-electron chi connectivity index (χ3n) is 6.56. The topological polar surface area (TPSA) is 83.3 Å². The van der Waals surface area contributed by atoms with Crippen molar-refractivity contribution in [1.82, 2.24) is 20.4 Å². The van der Waals surface area contributed by atoms with Gasteiger partial charge < -0.3 is 15.2 Å². The van der Waals surface area contributed by atoms with Gasteiger partial charge in [0.1, 0.15) is 0 Å². The van der Waals surface area contributed by atoms with Crippen LogP contribution in [0.25, 0.3) is 11.0 Å². The van der Waals surface area contributed by atoms with Crippen molar-refractivity contribution < 1.29 is 22.5 Å². The average Bonchev–Trinajstić information content (AvgIpc) is 3.44. The number of rotatable bonds is 6. The number of carbonyl (C=O) groups is 1. The van der Waals surface area contributed by atoms with Gasteiger partial charge in [0.2, 0.25) is 5.91 Å². The molecular weight excluding hydrogens is 455 g/mol. The van der Waals surface area contributed by atoms with Gasteiger partial charge in [0, 0.05) is 30.2 Å². The summed E-state index contributed by atoms with van der Waals surface area (Å²) in [4.78, 5) is 20.3. The number of benzene rings is 1. The molecule has 2 aromatic heterocycles. The van der Waals surface area contributed by atoms with Crippen LogP contribution in [-0.4, -0.2) is 52.7 Å². The summed E-state index contributed by atoms with van der Waals surface area (Å²) in [5, 5.41) is 9.72. The van der Waals surface area contributed by atoms with Gasteiger partial charge in [-0.2, -0.15) is 13.2 Å². The minimum Gasteiger partial charge on any atom is -0.358 e. The van der Waals surface area contributed by atoms with Crippen molar-refractivity contribution in [3.63, 3.8) is 0 Å². The Morgan fingerprint density at radius 2 is 2.00 bits per heavy atom. The molecule has 176 valence electrons. The molecule has 0 atom stereocenters. The molecular formula is C22H24F3N5O2S. The van der Waals surface area contributed by atoms with E-state index < -0.39 is 11.7 Å². The molecule has 7 nitrogen and oxygen atoms in total. The molecule has 1 aliphatic carbocycles. The van der Waals surface area contributed by atoms with Crippen molar-refractivity contribution in [3.8, 4) is 0 Å². The number of anilines is 1. The van der Waals surface area contributed by atoms with Crippen LogP contribution in [0.5, 0.6) is 0 Å². The lowest BCUT2D eigenvalue weighted by Gasteiger charge is -2.46. The Morgan fingerprint density at radius 1 is 1.21 bits per heavy atom. The second-order valence-electron chi connectivity index (χ2n) is 8.72. The molecule has 11 heteroatoms. The first-order chi connectivity index (χ1) is 15.9. The van der Waals surface area contributed by atoms with Gasteiger partial charge in [0.15, 0.2) is 11.4 Å². The molecule has 0 radical (unpaired) electrons. The summed E-state index contributed by atoms with van der Waals surface area (Å²) in [6, 6.07) is 3.79. The van der Waals surface area contributed by atoms with E-state index in [2.05, 4.69) is 25.7 Å². The van der Waals surface area contributed by atoms with E-state index in [0.29, 0.717) is 12.0 Å². The van der Waals surface area contributed by atoms with Gasteiger partial charge in [-0.15, -0.1) is 11.3 Å². The zero-order chi connectivity index (χ0) is 23.0. The number of hydrogen-bond acceptors (Lipinski definition) is 7. The Labute approximate surface area is 192 Å². The highest BCUT2D eigenvalue weighted by Gasteiger charge is 2.35. The monoisotopic (exact) mass is 479 g/mol. The molecule has 2 fully saturated rings. The molecule has 2 aliphatic rings. The number of aromatic nitrogens is 2. The van der Waals surface area contributed by atoms with Crippen LogP contribution in [0.2, 0.25) is 0 Å². The van der Waals surface area contributed by atoms with Gasteiger partial charge in [-0.25, -0.2) is 0 Å². The molecule has 3 heterocycles. The molecule has 1 saturated carbocycles. The standard InChI is InChI=1S/C22H24F3N5O2S/c23-22(24,25)14-3-6-18-17(7-14)21(29-32-18)27-9-20(31)28-15-10-30(11-15)16-4-1-13(2-5-16)19-8-26-12-33-19/h3,6-8,12-13,15-16H,1-2,4-5,9-11H2,(H,27,29)(H,28,31). The van der Waals surface area contributed by atoms with Crippen LogP contribution in [0.3, 0.4) is 0 Å². The van der Waals surface area contributed by atoms with Crippen LogP contribution in [0.4, 0.5) is 19.0 Å². The summed E-state index contributed by atoms with van der Waals surface area (Å²) < 4.78 is 43.9. The zero-order valence-corrected chi connectivity index (χ0v) is 18.6. The summed E-state index contributed by atoms with van der Waals surface area (Å²) in [6.45, 7) is 1.56. The van der Waals surface area contributed by atoms with E-state index in [1.807, 2.05) is 11.7 Å². The van der Waals surface area contributed by atoms with Crippen molar-refractivity contribution in [2.45, 2.75) is 49.9 Å². The van der Waals surface area contributed by atoms with E-state index in [1.165, 1.54) is 23.8 Å². The minimum atomic E-state index is -4.46. The highest BCUT2D eigenvalue weighted by molar-refractivity contribution is 7.09. The molecule has 1 aliphatic heterocycles. The maximum absolute atomic E-state index is 13.0. The van der Waals surface area contributed by atoms with Crippen molar-refractivity contribution >= 4 is 34.0 Å². The predicted octanol–water partition coefficient (Wildman–Crippen LogP) is 4.24. The second kappa shape index (κ2) is 8.94. The van der Waals surface area contributed by atoms with Crippen LogP contribution in [0, 0.1) is 0 Å². The average molecular weight is 480 g/mol. The second-order valence-corrected chi connectivity index (χ2v) is 9.64. The molecule has 0 unspecified atom stereocenters. The molecule has 1 saturated heterocycles. The molecule has 3 aromatic rings. The van der Waals surface area contributed by atoms with Crippen LogP contribution in [0.15, 0.2) is 34.4 Å². The van der Waals surface area contributed by atoms with Crippen LogP contribution >= 0.6 is 11.3 Å². The van der Waals surface area contributed by atoms with E-state index in [9.17, 15) is 18.0 Å². The van der Waals surface area contributed by atoms with Gasteiger partial charge >= 0.3 is 6.18 Å². The van der Waals surface area contributed by atoms with Gasteiger partial charge in [-0.3, -0.25) is 14.7 Å². The predicted molar refractivity (Wildman–Crippen MR) is 118 cm³/mol. The van der Waals surface area contributed by atoms with E-state index in [4.69, 9.17) is 4.52 Å². The smallest absolute Gasteiger partial charge is 0.358 e. The van der Waals surface area contributed by atoms with Crippen LogP contribution in [0.1, 0.15) is 42.0 Å². The fraction of sp³-hybridized carbons (Fsp3) is 0.500. The Bertz CT molecular complexity index is 1100. The van der Waals surface area contributed by atoms with Crippen molar-refractivity contribution in [2.24, 2.45) is 0 Å². The quantitative estimate of drug-likeness (QED) is 0.550. The number of nitrogens with zero attached hydrogens (tertiary/aromatic N) is 3. The Balaban J connectivity index is 1.07. The molecule has 1 amide bonds. The van der Waals surface area contributed by atoms with E-state index >= 15 is 0 Å². The fourth-order valence-corrected chi connectivity index (χ4v) is 5.53. The van der Waals surface area contributed by atoms with Crippen molar-refractivity contribution in [3.05, 3.63) is 40.3 Å². The van der Waals surface area contributed by atoms with Gasteiger partial charge in [0.25, 0.3) is 0 Å². The van der Waals surface area contributed by atoms with E-state index in [0.717, 1.165) is 38.1 Å². The van der Waals surface area contributed by atoms with Crippen LogP contribution in [-0.2, 0) is 11.0 Å². The maximum atomic E-state index is 13.0. The molecule has 0 spiro atoms. The summed E-state index contributed by atoms with van der Waals surface area (Å²) >= 11 is 1.73. The molecule has 2 N–H and O–H groups in total. The number of fused-ring (bicyclic) bond motifs is 1.